The third-order valence-electron chi connectivity index (χ3n) is 4.12. The average Bonchev–Trinajstić information content (AvgIpc) is 2.93. The van der Waals surface area contributed by atoms with E-state index in [1.807, 2.05) is 10.9 Å². The summed E-state index contributed by atoms with van der Waals surface area (Å²) in [6, 6.07) is 3.24. The van der Waals surface area contributed by atoms with Gasteiger partial charge >= 0.3 is 0 Å². The molecule has 2 aromatic rings. The summed E-state index contributed by atoms with van der Waals surface area (Å²) in [5, 5.41) is 7.20. The number of amides is 1. The van der Waals surface area contributed by atoms with Crippen molar-refractivity contribution in [3.05, 3.63) is 51.7 Å². The lowest BCUT2D eigenvalue weighted by Gasteiger charge is -2.14. The van der Waals surface area contributed by atoms with Crippen LogP contribution in [-0.4, -0.2) is 26.8 Å². The molecule has 116 valence electrons. The van der Waals surface area contributed by atoms with Gasteiger partial charge in [-0.15, -0.1) is 0 Å². The molecule has 0 radical (unpaired) electrons. The predicted molar refractivity (Wildman–Crippen MR) is 82.9 cm³/mol. The zero-order valence-corrected chi connectivity index (χ0v) is 12.7. The van der Waals surface area contributed by atoms with Crippen LogP contribution in [0.15, 0.2) is 29.3 Å². The molecule has 1 amide bonds. The van der Waals surface area contributed by atoms with E-state index in [0.29, 0.717) is 13.1 Å². The van der Waals surface area contributed by atoms with Gasteiger partial charge in [-0.05, 0) is 43.4 Å². The van der Waals surface area contributed by atoms with Crippen molar-refractivity contribution in [2.45, 2.75) is 32.2 Å². The average molecular weight is 300 g/mol. The Morgan fingerprint density at radius 1 is 1.36 bits per heavy atom. The van der Waals surface area contributed by atoms with Crippen LogP contribution >= 0.6 is 0 Å². The number of rotatable bonds is 4. The van der Waals surface area contributed by atoms with E-state index in [9.17, 15) is 9.59 Å². The highest BCUT2D eigenvalue weighted by Crippen LogP contribution is 2.20. The molecule has 0 unspecified atom stereocenters. The third kappa shape index (κ3) is 2.81. The van der Waals surface area contributed by atoms with Crippen molar-refractivity contribution in [2.24, 2.45) is 7.05 Å². The predicted octanol–water partition coefficient (Wildman–Crippen LogP) is 0.891. The molecule has 0 saturated carbocycles. The van der Waals surface area contributed by atoms with E-state index in [1.54, 1.807) is 25.4 Å². The van der Waals surface area contributed by atoms with Crippen molar-refractivity contribution < 1.29 is 4.79 Å². The number of aryl methyl sites for hydroxylation is 2. The molecule has 3 rings (SSSR count). The van der Waals surface area contributed by atoms with Crippen molar-refractivity contribution in [1.82, 2.24) is 19.7 Å². The van der Waals surface area contributed by atoms with E-state index >= 15 is 0 Å². The van der Waals surface area contributed by atoms with Gasteiger partial charge in [-0.25, -0.2) is 0 Å². The fraction of sp³-hybridized carbons (Fsp3) is 0.438. The van der Waals surface area contributed by atoms with E-state index in [4.69, 9.17) is 0 Å². The van der Waals surface area contributed by atoms with E-state index < -0.39 is 0 Å². The maximum absolute atomic E-state index is 12.1. The zero-order chi connectivity index (χ0) is 15.5. The minimum atomic E-state index is -0.331. The monoisotopic (exact) mass is 300 g/mol. The molecule has 0 aliphatic heterocycles. The molecular weight excluding hydrogens is 280 g/mol. The molecule has 0 bridgehead atoms. The lowest BCUT2D eigenvalue weighted by molar-refractivity contribution is 0.0949. The molecule has 2 aromatic heterocycles. The molecule has 1 N–H and O–H groups in total. The number of carbonyl (C=O) groups is 1. The zero-order valence-electron chi connectivity index (χ0n) is 12.7. The van der Waals surface area contributed by atoms with Crippen molar-refractivity contribution >= 4 is 5.91 Å². The highest BCUT2D eigenvalue weighted by molar-refractivity contribution is 5.93. The van der Waals surface area contributed by atoms with Crippen LogP contribution in [-0.2, 0) is 26.4 Å². The van der Waals surface area contributed by atoms with Crippen LogP contribution in [0.5, 0.6) is 0 Å². The molecule has 6 heteroatoms. The Kier molecular flexibility index (Phi) is 4.09. The number of nitrogens with one attached hydrogen (secondary N) is 1. The first kappa shape index (κ1) is 14.6. The molecule has 1 aliphatic carbocycles. The second-order valence-electron chi connectivity index (χ2n) is 5.64. The topological polar surface area (TPSA) is 68.9 Å². The smallest absolute Gasteiger partial charge is 0.263 e. The summed E-state index contributed by atoms with van der Waals surface area (Å²) in [6.45, 7) is 1.10. The Morgan fingerprint density at radius 3 is 3.05 bits per heavy atom. The highest BCUT2D eigenvalue weighted by Gasteiger charge is 2.15. The lowest BCUT2D eigenvalue weighted by Crippen LogP contribution is -2.33. The Bertz CT molecular complexity index is 745. The van der Waals surface area contributed by atoms with E-state index in [-0.39, 0.29) is 17.0 Å². The van der Waals surface area contributed by atoms with Gasteiger partial charge in [0.25, 0.3) is 11.5 Å². The Labute approximate surface area is 128 Å². The van der Waals surface area contributed by atoms with Crippen molar-refractivity contribution in [2.75, 3.05) is 6.54 Å². The van der Waals surface area contributed by atoms with Gasteiger partial charge in [0.05, 0.1) is 12.7 Å². The second-order valence-corrected chi connectivity index (χ2v) is 5.64. The van der Waals surface area contributed by atoms with Crippen LogP contribution in [0.3, 0.4) is 0 Å². The van der Waals surface area contributed by atoms with Crippen LogP contribution in [0.1, 0.15) is 34.5 Å². The number of aromatic nitrogens is 3. The minimum absolute atomic E-state index is 0.174. The molecule has 2 heterocycles. The standard InChI is InChI=1S/C16H20N4O2/c1-19-9-4-6-13(16(19)22)15(21)17-8-10-20-14-7-3-2-5-12(14)11-18-20/h4,6,9,11H,2-3,5,7-8,10H2,1H3,(H,17,21). The van der Waals surface area contributed by atoms with E-state index in [0.717, 1.165) is 12.8 Å². The van der Waals surface area contributed by atoms with Crippen molar-refractivity contribution in [1.29, 1.82) is 0 Å². The molecule has 22 heavy (non-hydrogen) atoms. The van der Waals surface area contributed by atoms with Gasteiger partial charge in [-0.2, -0.15) is 5.10 Å². The quantitative estimate of drug-likeness (QED) is 0.912. The fourth-order valence-corrected chi connectivity index (χ4v) is 2.89. The Morgan fingerprint density at radius 2 is 2.18 bits per heavy atom. The molecule has 0 spiro atoms. The second kappa shape index (κ2) is 6.17. The largest absolute Gasteiger partial charge is 0.350 e. The van der Waals surface area contributed by atoms with Gasteiger partial charge in [-0.1, -0.05) is 0 Å². The number of hydrogen-bond acceptors (Lipinski definition) is 3. The maximum Gasteiger partial charge on any atom is 0.263 e. The van der Waals surface area contributed by atoms with Crippen LogP contribution in [0.2, 0.25) is 0 Å². The Balaban J connectivity index is 1.61. The number of hydrogen-bond donors (Lipinski definition) is 1. The highest BCUT2D eigenvalue weighted by atomic mass is 16.2. The number of nitrogens with zero attached hydrogens (tertiary/aromatic N) is 3. The molecule has 0 atom stereocenters. The van der Waals surface area contributed by atoms with Crippen LogP contribution in [0.25, 0.3) is 0 Å². The molecule has 1 aliphatic rings. The lowest BCUT2D eigenvalue weighted by atomic mass is 9.98. The summed E-state index contributed by atoms with van der Waals surface area (Å²) in [7, 11) is 1.63. The van der Waals surface area contributed by atoms with Gasteiger partial charge in [0.1, 0.15) is 5.56 Å². The molecule has 6 nitrogen and oxygen atoms in total. The Hall–Kier alpha value is -2.37. The third-order valence-corrected chi connectivity index (χ3v) is 4.12. The van der Waals surface area contributed by atoms with Gasteiger partial charge in [0.15, 0.2) is 0 Å². The summed E-state index contributed by atoms with van der Waals surface area (Å²) in [5.74, 6) is -0.331. The maximum atomic E-state index is 12.1. The van der Waals surface area contributed by atoms with Gasteiger partial charge in [0.2, 0.25) is 0 Å². The van der Waals surface area contributed by atoms with E-state index in [1.165, 1.54) is 28.7 Å². The van der Waals surface area contributed by atoms with Crippen LogP contribution < -0.4 is 10.9 Å². The summed E-state index contributed by atoms with van der Waals surface area (Å²) in [5.41, 5.74) is 2.51. The number of pyridine rings is 1. The minimum Gasteiger partial charge on any atom is -0.350 e. The summed E-state index contributed by atoms with van der Waals surface area (Å²) in [4.78, 5) is 24.0. The fourth-order valence-electron chi connectivity index (χ4n) is 2.89. The van der Waals surface area contributed by atoms with Crippen LogP contribution in [0.4, 0.5) is 0 Å². The van der Waals surface area contributed by atoms with Gasteiger partial charge < -0.3 is 9.88 Å². The first-order chi connectivity index (χ1) is 10.7. The summed E-state index contributed by atoms with van der Waals surface area (Å²) in [6.07, 6.45) is 8.15. The number of carbonyl (C=O) groups excluding carboxylic acids is 1. The molecule has 0 fully saturated rings. The molecular formula is C16H20N4O2. The molecule has 0 aromatic carbocycles. The normalized spacial score (nSPS) is 13.7. The van der Waals surface area contributed by atoms with Crippen LogP contribution in [0, 0.1) is 0 Å². The summed E-state index contributed by atoms with van der Waals surface area (Å²) >= 11 is 0. The van der Waals surface area contributed by atoms with Gasteiger partial charge in [0, 0.05) is 25.5 Å². The first-order valence-corrected chi connectivity index (χ1v) is 7.64. The van der Waals surface area contributed by atoms with E-state index in [2.05, 4.69) is 10.4 Å². The van der Waals surface area contributed by atoms with Crippen molar-refractivity contribution in [3.63, 3.8) is 0 Å². The summed E-state index contributed by atoms with van der Waals surface area (Å²) < 4.78 is 3.37. The van der Waals surface area contributed by atoms with Crippen molar-refractivity contribution in [3.8, 4) is 0 Å². The van der Waals surface area contributed by atoms with Gasteiger partial charge in [-0.3, -0.25) is 14.3 Å². The SMILES string of the molecule is Cn1cccc(C(=O)NCCn2ncc3c2CCCC3)c1=O. The number of fused-ring (bicyclic) bond motifs is 1. The molecule has 0 saturated heterocycles. The first-order valence-electron chi connectivity index (χ1n) is 7.64.